The molecule has 1 saturated heterocycles. The van der Waals surface area contributed by atoms with Crippen molar-refractivity contribution in [3.05, 3.63) is 60.0 Å². The summed E-state index contributed by atoms with van der Waals surface area (Å²) in [5, 5.41) is 0. The zero-order chi connectivity index (χ0) is 23.7. The Morgan fingerprint density at radius 1 is 1.03 bits per heavy atom. The molecular formula is C25H29N5O3S. The molecule has 178 valence electrons. The molecule has 0 aliphatic carbocycles. The number of anilines is 3. The lowest BCUT2D eigenvalue weighted by molar-refractivity contribution is 0.163. The summed E-state index contributed by atoms with van der Waals surface area (Å²) in [5.74, 6) is 1.39. The van der Waals surface area contributed by atoms with Gasteiger partial charge in [-0.15, -0.1) is 0 Å². The van der Waals surface area contributed by atoms with Crippen LogP contribution < -0.4 is 14.5 Å². The average molecular weight is 480 g/mol. The molecule has 0 saturated carbocycles. The van der Waals surface area contributed by atoms with E-state index < -0.39 is 9.84 Å². The van der Waals surface area contributed by atoms with Gasteiger partial charge in [0.15, 0.2) is 9.84 Å². The van der Waals surface area contributed by atoms with Gasteiger partial charge in [-0.2, -0.15) is 0 Å². The van der Waals surface area contributed by atoms with E-state index in [9.17, 15) is 8.42 Å². The molecule has 0 atom stereocenters. The molecule has 5 rings (SSSR count). The Balaban J connectivity index is 1.24. The average Bonchev–Trinajstić information content (AvgIpc) is 3.28. The highest BCUT2D eigenvalue weighted by atomic mass is 32.2. The van der Waals surface area contributed by atoms with Crippen molar-refractivity contribution in [1.82, 2.24) is 15.0 Å². The molecule has 4 heterocycles. The van der Waals surface area contributed by atoms with Gasteiger partial charge in [-0.05, 0) is 48.2 Å². The number of fused-ring (bicyclic) bond motifs is 1. The largest absolute Gasteiger partial charge is 0.474 e. The van der Waals surface area contributed by atoms with Gasteiger partial charge in [0.25, 0.3) is 0 Å². The molecular weight excluding hydrogens is 450 g/mol. The van der Waals surface area contributed by atoms with Crippen LogP contribution >= 0.6 is 0 Å². The fourth-order valence-corrected chi connectivity index (χ4v) is 5.22. The normalized spacial score (nSPS) is 16.5. The number of benzene rings is 1. The molecule has 8 nitrogen and oxygen atoms in total. The lowest BCUT2D eigenvalue weighted by atomic mass is 10.1. The maximum Gasteiger partial charge on any atom is 0.225 e. The SMILES string of the molecule is CCc1cnc(N2CCC(Oc3cc(N4CCc5cc(S(C)(=O)=O)ccc54)ccn3)CC2)nc1. The summed E-state index contributed by atoms with van der Waals surface area (Å²) in [5.41, 5.74) is 4.22. The third-order valence-electron chi connectivity index (χ3n) is 6.52. The Morgan fingerprint density at radius 2 is 1.79 bits per heavy atom. The lowest BCUT2D eigenvalue weighted by Gasteiger charge is -2.32. The summed E-state index contributed by atoms with van der Waals surface area (Å²) in [7, 11) is -3.21. The fourth-order valence-electron chi connectivity index (χ4n) is 4.55. The first kappa shape index (κ1) is 22.6. The minimum Gasteiger partial charge on any atom is -0.474 e. The summed E-state index contributed by atoms with van der Waals surface area (Å²) in [4.78, 5) is 18.2. The van der Waals surface area contributed by atoms with Crippen LogP contribution in [0.5, 0.6) is 5.88 Å². The molecule has 0 spiro atoms. The van der Waals surface area contributed by atoms with E-state index in [-0.39, 0.29) is 6.10 Å². The number of rotatable bonds is 6. The van der Waals surface area contributed by atoms with Crippen LogP contribution in [0.15, 0.2) is 53.8 Å². The van der Waals surface area contributed by atoms with Gasteiger partial charge in [-0.25, -0.2) is 23.4 Å². The summed E-state index contributed by atoms with van der Waals surface area (Å²) in [6.45, 7) is 4.58. The van der Waals surface area contributed by atoms with Crippen LogP contribution in [0.4, 0.5) is 17.3 Å². The molecule has 0 N–H and O–H groups in total. The van der Waals surface area contributed by atoms with Crippen LogP contribution in [-0.2, 0) is 22.7 Å². The second kappa shape index (κ2) is 9.21. The number of hydrogen-bond acceptors (Lipinski definition) is 8. The van der Waals surface area contributed by atoms with E-state index in [0.29, 0.717) is 10.8 Å². The van der Waals surface area contributed by atoms with Crippen molar-refractivity contribution in [3.63, 3.8) is 0 Å². The Kier molecular flexibility index (Phi) is 6.12. The van der Waals surface area contributed by atoms with Crippen molar-refractivity contribution < 1.29 is 13.2 Å². The van der Waals surface area contributed by atoms with Gasteiger partial charge in [-0.3, -0.25) is 0 Å². The summed E-state index contributed by atoms with van der Waals surface area (Å²) < 4.78 is 30.0. The van der Waals surface area contributed by atoms with Crippen molar-refractivity contribution in [2.45, 2.75) is 43.6 Å². The molecule has 34 heavy (non-hydrogen) atoms. The summed E-state index contributed by atoms with van der Waals surface area (Å²) in [6.07, 6.45) is 10.4. The molecule has 2 aliphatic heterocycles. The van der Waals surface area contributed by atoms with Crippen molar-refractivity contribution in [1.29, 1.82) is 0 Å². The number of sulfone groups is 1. The Morgan fingerprint density at radius 3 is 2.50 bits per heavy atom. The molecule has 2 aliphatic rings. The van der Waals surface area contributed by atoms with Crippen LogP contribution in [0.3, 0.4) is 0 Å². The van der Waals surface area contributed by atoms with Crippen molar-refractivity contribution in [2.75, 3.05) is 35.7 Å². The highest BCUT2D eigenvalue weighted by molar-refractivity contribution is 7.90. The highest BCUT2D eigenvalue weighted by Crippen LogP contribution is 2.36. The van der Waals surface area contributed by atoms with Crippen molar-refractivity contribution in [3.8, 4) is 5.88 Å². The van der Waals surface area contributed by atoms with Gasteiger partial charge in [-0.1, -0.05) is 6.92 Å². The number of nitrogens with zero attached hydrogens (tertiary/aromatic N) is 5. The number of ether oxygens (including phenoxy) is 1. The predicted molar refractivity (Wildman–Crippen MR) is 132 cm³/mol. The number of hydrogen-bond donors (Lipinski definition) is 0. The van der Waals surface area contributed by atoms with Gasteiger partial charge in [0, 0.05) is 74.8 Å². The van der Waals surface area contributed by atoms with Gasteiger partial charge in [0.2, 0.25) is 11.8 Å². The summed E-state index contributed by atoms with van der Waals surface area (Å²) >= 11 is 0. The van der Waals surface area contributed by atoms with E-state index in [2.05, 4.69) is 31.7 Å². The minimum atomic E-state index is -3.21. The zero-order valence-corrected chi connectivity index (χ0v) is 20.3. The molecule has 2 aromatic heterocycles. The lowest BCUT2D eigenvalue weighted by Crippen LogP contribution is -2.39. The number of aryl methyl sites for hydroxylation is 1. The fraction of sp³-hybridized carbons (Fsp3) is 0.400. The van der Waals surface area contributed by atoms with Crippen LogP contribution in [0.25, 0.3) is 0 Å². The number of pyridine rings is 1. The molecule has 9 heteroatoms. The Bertz CT molecular complexity index is 1270. The van der Waals surface area contributed by atoms with E-state index >= 15 is 0 Å². The van der Waals surface area contributed by atoms with Crippen LogP contribution in [0, 0.1) is 0 Å². The molecule has 3 aromatic rings. The molecule has 1 fully saturated rings. The molecule has 0 bridgehead atoms. The van der Waals surface area contributed by atoms with E-state index in [1.807, 2.05) is 30.6 Å². The topological polar surface area (TPSA) is 88.5 Å². The minimum absolute atomic E-state index is 0.0945. The molecule has 0 amide bonds. The first-order valence-electron chi connectivity index (χ1n) is 11.7. The quantitative estimate of drug-likeness (QED) is 0.530. The molecule has 1 aromatic carbocycles. The number of piperidine rings is 1. The Labute approximate surface area is 200 Å². The maximum absolute atomic E-state index is 11.9. The smallest absolute Gasteiger partial charge is 0.225 e. The zero-order valence-electron chi connectivity index (χ0n) is 19.5. The standard InChI is InChI=1S/C25H29N5O3S/c1-3-18-16-27-25(28-17-18)29-11-8-21(9-12-29)33-24-15-20(6-10-26-24)30-13-7-19-14-22(34(2,31)32)4-5-23(19)30/h4-6,10,14-17,21H,3,7-9,11-13H2,1-2H3. The first-order valence-corrected chi connectivity index (χ1v) is 13.6. The van der Waals surface area contributed by atoms with E-state index in [1.165, 1.54) is 6.26 Å². The first-order chi connectivity index (χ1) is 16.4. The molecule has 0 radical (unpaired) electrons. The van der Waals surface area contributed by atoms with Crippen molar-refractivity contribution >= 4 is 27.2 Å². The van der Waals surface area contributed by atoms with E-state index in [1.54, 1.807) is 18.3 Å². The van der Waals surface area contributed by atoms with Crippen LogP contribution in [0.2, 0.25) is 0 Å². The highest BCUT2D eigenvalue weighted by Gasteiger charge is 2.25. The van der Waals surface area contributed by atoms with Crippen molar-refractivity contribution in [2.24, 2.45) is 0 Å². The third-order valence-corrected chi connectivity index (χ3v) is 7.63. The van der Waals surface area contributed by atoms with Gasteiger partial charge in [0.05, 0.1) is 4.90 Å². The Hall–Kier alpha value is -3.20. The van der Waals surface area contributed by atoms with Gasteiger partial charge < -0.3 is 14.5 Å². The van der Waals surface area contributed by atoms with Crippen LogP contribution in [-0.4, -0.2) is 55.4 Å². The van der Waals surface area contributed by atoms with E-state index in [4.69, 9.17) is 4.74 Å². The maximum atomic E-state index is 11.9. The number of aromatic nitrogens is 3. The third kappa shape index (κ3) is 4.70. The summed E-state index contributed by atoms with van der Waals surface area (Å²) in [6, 6.07) is 9.30. The van der Waals surface area contributed by atoms with Gasteiger partial charge in [0.1, 0.15) is 6.10 Å². The second-order valence-corrected chi connectivity index (χ2v) is 10.9. The molecule has 0 unspecified atom stereocenters. The monoisotopic (exact) mass is 479 g/mol. The van der Waals surface area contributed by atoms with E-state index in [0.717, 1.165) is 73.8 Å². The predicted octanol–water partition coefficient (Wildman–Crippen LogP) is 3.58. The van der Waals surface area contributed by atoms with Gasteiger partial charge >= 0.3 is 0 Å². The second-order valence-electron chi connectivity index (χ2n) is 8.87. The van der Waals surface area contributed by atoms with Crippen LogP contribution in [0.1, 0.15) is 30.9 Å².